The van der Waals surface area contributed by atoms with E-state index in [1.807, 2.05) is 7.05 Å². The van der Waals surface area contributed by atoms with Crippen molar-refractivity contribution in [2.75, 3.05) is 7.05 Å². The smallest absolute Gasteiger partial charge is 0.231 e. The molecule has 0 amide bonds. The van der Waals surface area contributed by atoms with Crippen molar-refractivity contribution in [3.63, 3.8) is 0 Å². The first-order valence-electron chi connectivity index (χ1n) is 4.25. The normalized spacial score (nSPS) is 18.0. The quantitative estimate of drug-likeness (QED) is 0.537. The Hall–Kier alpha value is 0.467. The monoisotopic (exact) mass is 193 g/mol. The molecule has 0 aliphatic rings. The second kappa shape index (κ2) is 3.92. The van der Waals surface area contributed by atoms with Crippen LogP contribution in [0.1, 0.15) is 34.1 Å². The lowest BCUT2D eigenvalue weighted by atomic mass is 10.2. The average molecular weight is 194 g/mol. The predicted octanol–water partition coefficient (Wildman–Crippen LogP) is 3.10. The van der Waals surface area contributed by atoms with E-state index in [-0.39, 0.29) is 5.04 Å². The second-order valence-electron chi connectivity index (χ2n) is 4.05. The molecule has 0 aromatic heterocycles. The van der Waals surface area contributed by atoms with Gasteiger partial charge >= 0.3 is 0 Å². The second-order valence-corrected chi connectivity index (χ2v) is 10.1. The van der Waals surface area contributed by atoms with E-state index in [9.17, 15) is 0 Å². The number of halogens is 1. The fraction of sp³-hybridized carbons (Fsp3) is 1.00. The van der Waals surface area contributed by atoms with E-state index in [4.69, 9.17) is 11.1 Å². The summed E-state index contributed by atoms with van der Waals surface area (Å²) in [6.45, 7) is 8.85. The van der Waals surface area contributed by atoms with Crippen molar-refractivity contribution in [2.24, 2.45) is 0 Å². The minimum atomic E-state index is -1.70. The molecule has 0 rings (SSSR count). The summed E-state index contributed by atoms with van der Waals surface area (Å²) >= 11 is 6.53. The van der Waals surface area contributed by atoms with E-state index in [1.165, 1.54) is 6.42 Å². The van der Waals surface area contributed by atoms with Crippen molar-refractivity contribution in [3.8, 4) is 0 Å². The van der Waals surface area contributed by atoms with Crippen LogP contribution >= 0.6 is 11.1 Å². The van der Waals surface area contributed by atoms with E-state index in [0.29, 0.717) is 0 Å². The van der Waals surface area contributed by atoms with E-state index in [1.54, 1.807) is 0 Å². The standard InChI is InChI=1S/C8H20ClNSi/c1-6-7-11(9,10-5)8(2,3)4/h10H,6-7H2,1-5H3. The summed E-state index contributed by atoms with van der Waals surface area (Å²) < 4.78 is 0. The van der Waals surface area contributed by atoms with Crippen LogP contribution in [0.5, 0.6) is 0 Å². The summed E-state index contributed by atoms with van der Waals surface area (Å²) in [6, 6.07) is 1.15. The Morgan fingerprint density at radius 3 is 1.91 bits per heavy atom. The van der Waals surface area contributed by atoms with Crippen molar-refractivity contribution >= 4 is 18.6 Å². The molecule has 0 radical (unpaired) electrons. The van der Waals surface area contributed by atoms with Gasteiger partial charge in [0.1, 0.15) is 0 Å². The summed E-state index contributed by atoms with van der Waals surface area (Å²) in [6.07, 6.45) is 1.17. The van der Waals surface area contributed by atoms with Crippen LogP contribution < -0.4 is 4.98 Å². The largest absolute Gasteiger partial charge is 0.328 e. The molecule has 3 heteroatoms. The molecule has 0 aliphatic carbocycles. The highest BCUT2D eigenvalue weighted by Gasteiger charge is 2.41. The molecule has 0 heterocycles. The molecular formula is C8H20ClNSi. The van der Waals surface area contributed by atoms with Crippen molar-refractivity contribution in [3.05, 3.63) is 0 Å². The van der Waals surface area contributed by atoms with Gasteiger partial charge in [-0.05, 0) is 18.1 Å². The lowest BCUT2D eigenvalue weighted by Crippen LogP contribution is -2.50. The van der Waals surface area contributed by atoms with Crippen LogP contribution in [-0.2, 0) is 0 Å². The first-order valence-corrected chi connectivity index (χ1v) is 7.47. The van der Waals surface area contributed by atoms with Crippen LogP contribution in [-0.4, -0.2) is 14.6 Å². The first kappa shape index (κ1) is 11.5. The van der Waals surface area contributed by atoms with Crippen molar-refractivity contribution < 1.29 is 0 Å². The molecule has 0 saturated heterocycles. The van der Waals surface area contributed by atoms with Crippen LogP contribution in [0.3, 0.4) is 0 Å². The molecule has 0 fully saturated rings. The molecule has 1 unspecified atom stereocenters. The molecular weight excluding hydrogens is 174 g/mol. The zero-order valence-electron chi connectivity index (χ0n) is 8.29. The van der Waals surface area contributed by atoms with Gasteiger partial charge in [0, 0.05) is 0 Å². The van der Waals surface area contributed by atoms with Gasteiger partial charge in [-0.25, -0.2) is 0 Å². The van der Waals surface area contributed by atoms with Gasteiger partial charge in [-0.2, -0.15) is 0 Å². The molecule has 0 saturated carbocycles. The van der Waals surface area contributed by atoms with E-state index >= 15 is 0 Å². The third kappa shape index (κ3) is 2.77. The highest BCUT2D eigenvalue weighted by molar-refractivity contribution is 7.20. The highest BCUT2D eigenvalue weighted by atomic mass is 35.6. The van der Waals surface area contributed by atoms with Gasteiger partial charge in [0.25, 0.3) is 0 Å². The lowest BCUT2D eigenvalue weighted by Gasteiger charge is -2.36. The molecule has 0 bridgehead atoms. The Morgan fingerprint density at radius 2 is 1.82 bits per heavy atom. The Morgan fingerprint density at radius 1 is 1.36 bits per heavy atom. The van der Waals surface area contributed by atoms with Gasteiger partial charge in [-0.15, -0.1) is 11.1 Å². The molecule has 0 aliphatic heterocycles. The van der Waals surface area contributed by atoms with Gasteiger partial charge in [0.2, 0.25) is 7.55 Å². The minimum Gasteiger partial charge on any atom is -0.328 e. The fourth-order valence-electron chi connectivity index (χ4n) is 1.22. The van der Waals surface area contributed by atoms with Gasteiger partial charge < -0.3 is 4.98 Å². The van der Waals surface area contributed by atoms with E-state index in [2.05, 4.69) is 32.7 Å². The van der Waals surface area contributed by atoms with Gasteiger partial charge in [-0.1, -0.05) is 34.1 Å². The maximum atomic E-state index is 6.53. The zero-order chi connectivity index (χ0) is 9.12. The Bertz CT molecular complexity index is 122. The van der Waals surface area contributed by atoms with Crippen LogP contribution in [0.2, 0.25) is 11.1 Å². The van der Waals surface area contributed by atoms with Crippen LogP contribution in [0.15, 0.2) is 0 Å². The third-order valence-corrected chi connectivity index (χ3v) is 9.37. The summed E-state index contributed by atoms with van der Waals surface area (Å²) in [5.74, 6) is 0. The Labute approximate surface area is 76.3 Å². The van der Waals surface area contributed by atoms with Crippen LogP contribution in [0.25, 0.3) is 0 Å². The highest BCUT2D eigenvalue weighted by Crippen LogP contribution is 2.39. The number of nitrogens with one attached hydrogen (secondary N) is 1. The lowest BCUT2D eigenvalue weighted by molar-refractivity contribution is 0.700. The van der Waals surface area contributed by atoms with Gasteiger partial charge in [-0.3, -0.25) is 0 Å². The van der Waals surface area contributed by atoms with E-state index < -0.39 is 7.55 Å². The molecule has 68 valence electrons. The Balaban J connectivity index is 4.33. The number of rotatable bonds is 3. The molecule has 0 spiro atoms. The summed E-state index contributed by atoms with van der Waals surface area (Å²) in [5, 5.41) is 0.249. The van der Waals surface area contributed by atoms with E-state index in [0.717, 1.165) is 6.04 Å². The summed E-state index contributed by atoms with van der Waals surface area (Å²) in [5.41, 5.74) is 0. The average Bonchev–Trinajstić information content (AvgIpc) is 1.86. The number of hydrogen-bond donors (Lipinski definition) is 1. The molecule has 1 N–H and O–H groups in total. The third-order valence-electron chi connectivity index (χ3n) is 2.18. The van der Waals surface area contributed by atoms with Crippen LogP contribution in [0, 0.1) is 0 Å². The maximum Gasteiger partial charge on any atom is 0.231 e. The van der Waals surface area contributed by atoms with Crippen LogP contribution in [0.4, 0.5) is 0 Å². The van der Waals surface area contributed by atoms with Crippen molar-refractivity contribution in [1.82, 2.24) is 4.98 Å². The molecule has 11 heavy (non-hydrogen) atoms. The summed E-state index contributed by atoms with van der Waals surface area (Å²) in [4.78, 5) is 3.32. The first-order chi connectivity index (χ1) is 4.87. The minimum absolute atomic E-state index is 0.249. The number of hydrogen-bond acceptors (Lipinski definition) is 1. The topological polar surface area (TPSA) is 12.0 Å². The summed E-state index contributed by atoms with van der Waals surface area (Å²) in [7, 11) is 0.284. The van der Waals surface area contributed by atoms with Crippen molar-refractivity contribution in [2.45, 2.75) is 45.2 Å². The SMILES string of the molecule is CCC[Si](Cl)(NC)C(C)(C)C. The van der Waals surface area contributed by atoms with Gasteiger partial charge in [0.15, 0.2) is 0 Å². The zero-order valence-corrected chi connectivity index (χ0v) is 10.0. The maximum absolute atomic E-state index is 6.53. The molecule has 0 aromatic carbocycles. The predicted molar refractivity (Wildman–Crippen MR) is 55.5 cm³/mol. The molecule has 1 atom stereocenters. The molecule has 1 nitrogen and oxygen atoms in total. The van der Waals surface area contributed by atoms with Crippen molar-refractivity contribution in [1.29, 1.82) is 0 Å². The van der Waals surface area contributed by atoms with Gasteiger partial charge in [0.05, 0.1) is 0 Å². The fourth-order valence-corrected chi connectivity index (χ4v) is 4.23. The Kier molecular flexibility index (Phi) is 4.09. The molecule has 0 aromatic rings.